The summed E-state index contributed by atoms with van der Waals surface area (Å²) in [5.41, 5.74) is 0.651. The summed E-state index contributed by atoms with van der Waals surface area (Å²) in [5.74, 6) is 0.430. The quantitative estimate of drug-likeness (QED) is 0.611. The van der Waals surface area contributed by atoms with Crippen LogP contribution in [0.3, 0.4) is 0 Å². The fourth-order valence-corrected chi connectivity index (χ4v) is 4.17. The topological polar surface area (TPSA) is 17.8 Å². The maximum Gasteiger partial charge on any atom is 0.416 e. The van der Waals surface area contributed by atoms with Crippen molar-refractivity contribution in [3.63, 3.8) is 0 Å². The van der Waals surface area contributed by atoms with Gasteiger partial charge in [-0.3, -0.25) is 4.57 Å². The molecule has 130 valence electrons. The van der Waals surface area contributed by atoms with Gasteiger partial charge in [0.05, 0.1) is 16.1 Å². The van der Waals surface area contributed by atoms with Crippen LogP contribution in [-0.2, 0) is 6.18 Å². The van der Waals surface area contributed by atoms with E-state index in [1.54, 1.807) is 4.57 Å². The first-order valence-electron chi connectivity index (χ1n) is 7.76. The molecule has 0 radical (unpaired) electrons. The molecule has 1 aliphatic carbocycles. The van der Waals surface area contributed by atoms with Crippen molar-refractivity contribution in [1.82, 2.24) is 9.55 Å². The van der Waals surface area contributed by atoms with E-state index < -0.39 is 11.7 Å². The van der Waals surface area contributed by atoms with Crippen molar-refractivity contribution in [2.24, 2.45) is 11.3 Å². The number of allylic oxidation sites excluding steroid dienone is 2. The number of rotatable bonds is 2. The lowest BCUT2D eigenvalue weighted by Gasteiger charge is -2.31. The van der Waals surface area contributed by atoms with E-state index in [2.05, 4.69) is 44.5 Å². The Hall–Kier alpha value is -1.14. The normalized spacial score (nSPS) is 20.7. The molecule has 1 aromatic heterocycles. The SMILES string of the molecule is CCC1CC=C(n2c(S)nc3c(Cl)cc(C(F)(F)F)cc32)C1(C)C. The van der Waals surface area contributed by atoms with E-state index in [1.807, 2.05) is 0 Å². The molecule has 1 atom stereocenters. The van der Waals surface area contributed by atoms with Crippen LogP contribution in [0.4, 0.5) is 13.2 Å². The maximum absolute atomic E-state index is 13.2. The molecule has 0 amide bonds. The molecule has 2 nitrogen and oxygen atoms in total. The van der Waals surface area contributed by atoms with Gasteiger partial charge in [-0.1, -0.05) is 44.9 Å². The summed E-state index contributed by atoms with van der Waals surface area (Å²) >= 11 is 10.5. The summed E-state index contributed by atoms with van der Waals surface area (Å²) < 4.78 is 41.2. The molecule has 0 N–H and O–H groups in total. The minimum absolute atomic E-state index is 0.0164. The third-order valence-electron chi connectivity index (χ3n) is 5.03. The Kier molecular flexibility index (Phi) is 4.20. The smallest absolute Gasteiger partial charge is 0.291 e. The summed E-state index contributed by atoms with van der Waals surface area (Å²) in [7, 11) is 0. The lowest BCUT2D eigenvalue weighted by Crippen LogP contribution is -2.23. The first kappa shape index (κ1) is 17.7. The Balaban J connectivity index is 2.26. The standard InChI is InChI=1S/C17H18ClF3N2S/c1-4-9-5-6-13(16(9,2)3)23-12-8-10(17(19,20)21)7-11(18)14(12)22-15(23)24/h6-9H,4-5H2,1-3H3,(H,22,24). The van der Waals surface area contributed by atoms with E-state index in [0.29, 0.717) is 22.1 Å². The summed E-state index contributed by atoms with van der Waals surface area (Å²) in [6, 6.07) is 2.02. The summed E-state index contributed by atoms with van der Waals surface area (Å²) in [6.45, 7) is 6.33. The molecule has 1 aromatic carbocycles. The second-order valence-electron chi connectivity index (χ2n) is 6.72. The molecule has 0 spiro atoms. The second kappa shape index (κ2) is 5.70. The van der Waals surface area contributed by atoms with Gasteiger partial charge in [0.25, 0.3) is 0 Å². The summed E-state index contributed by atoms with van der Waals surface area (Å²) in [5, 5.41) is 0.333. The molecule has 0 aliphatic heterocycles. The van der Waals surface area contributed by atoms with Crippen LogP contribution in [0.1, 0.15) is 39.2 Å². The molecular weight excluding hydrogens is 357 g/mol. The molecule has 0 bridgehead atoms. The summed E-state index contributed by atoms with van der Waals surface area (Å²) in [6.07, 6.45) is -0.507. The highest BCUT2D eigenvalue weighted by atomic mass is 35.5. The van der Waals surface area contributed by atoms with Gasteiger partial charge in [-0.15, -0.1) is 12.6 Å². The van der Waals surface area contributed by atoms with E-state index >= 15 is 0 Å². The Bertz CT molecular complexity index is 836. The van der Waals surface area contributed by atoms with Crippen LogP contribution < -0.4 is 0 Å². The molecular formula is C17H18ClF3N2S. The van der Waals surface area contributed by atoms with Gasteiger partial charge in [0.1, 0.15) is 5.52 Å². The Morgan fingerprint density at radius 2 is 2.04 bits per heavy atom. The van der Waals surface area contributed by atoms with Crippen molar-refractivity contribution < 1.29 is 13.2 Å². The number of benzene rings is 1. The van der Waals surface area contributed by atoms with E-state index in [1.165, 1.54) is 0 Å². The number of halogens is 4. The third-order valence-corrected chi connectivity index (χ3v) is 5.62. The van der Waals surface area contributed by atoms with Gasteiger partial charge in [-0.2, -0.15) is 13.2 Å². The maximum atomic E-state index is 13.2. The lowest BCUT2D eigenvalue weighted by atomic mass is 9.78. The molecule has 24 heavy (non-hydrogen) atoms. The average molecular weight is 375 g/mol. The number of hydrogen-bond acceptors (Lipinski definition) is 2. The van der Waals surface area contributed by atoms with E-state index in [9.17, 15) is 13.2 Å². The highest BCUT2D eigenvalue weighted by molar-refractivity contribution is 7.80. The Morgan fingerprint density at radius 3 is 2.58 bits per heavy atom. The number of imidazole rings is 1. The minimum Gasteiger partial charge on any atom is -0.291 e. The van der Waals surface area contributed by atoms with Gasteiger partial charge in [0.2, 0.25) is 0 Å². The number of thiol groups is 1. The largest absolute Gasteiger partial charge is 0.416 e. The van der Waals surface area contributed by atoms with E-state index in [4.69, 9.17) is 11.6 Å². The van der Waals surface area contributed by atoms with Gasteiger partial charge in [0, 0.05) is 11.1 Å². The first-order chi connectivity index (χ1) is 11.1. The zero-order valence-corrected chi connectivity index (χ0v) is 15.2. The number of aromatic nitrogens is 2. The fraction of sp³-hybridized carbons (Fsp3) is 0.471. The molecule has 7 heteroatoms. The van der Waals surface area contributed by atoms with Gasteiger partial charge in [-0.25, -0.2) is 4.98 Å². The van der Waals surface area contributed by atoms with Crippen LogP contribution >= 0.6 is 24.2 Å². The van der Waals surface area contributed by atoms with Crippen molar-refractivity contribution in [3.8, 4) is 0 Å². The predicted molar refractivity (Wildman–Crippen MR) is 93.4 cm³/mol. The average Bonchev–Trinajstić information content (AvgIpc) is 2.93. The van der Waals surface area contributed by atoms with E-state index in [0.717, 1.165) is 30.7 Å². The van der Waals surface area contributed by atoms with Gasteiger partial charge >= 0.3 is 6.18 Å². The summed E-state index contributed by atoms with van der Waals surface area (Å²) in [4.78, 5) is 4.28. The first-order valence-corrected chi connectivity index (χ1v) is 8.59. The molecule has 0 saturated heterocycles. The van der Waals surface area contributed by atoms with Crippen LogP contribution in [0.2, 0.25) is 5.02 Å². The van der Waals surface area contributed by atoms with E-state index in [-0.39, 0.29) is 10.4 Å². The molecule has 0 saturated carbocycles. The molecule has 1 aliphatic rings. The van der Waals surface area contributed by atoms with Crippen LogP contribution in [0.25, 0.3) is 16.7 Å². The fourth-order valence-electron chi connectivity index (χ4n) is 3.60. The Labute approximate surface area is 149 Å². The molecule has 1 unspecified atom stereocenters. The van der Waals surface area contributed by atoms with Crippen LogP contribution in [0, 0.1) is 11.3 Å². The Morgan fingerprint density at radius 1 is 1.38 bits per heavy atom. The van der Waals surface area contributed by atoms with Gasteiger partial charge in [-0.05, 0) is 24.5 Å². The number of hydrogen-bond donors (Lipinski definition) is 1. The van der Waals surface area contributed by atoms with Crippen molar-refractivity contribution in [2.75, 3.05) is 0 Å². The van der Waals surface area contributed by atoms with Crippen LogP contribution in [-0.4, -0.2) is 9.55 Å². The van der Waals surface area contributed by atoms with Crippen molar-refractivity contribution in [3.05, 3.63) is 28.8 Å². The van der Waals surface area contributed by atoms with Crippen molar-refractivity contribution >= 4 is 41.0 Å². The minimum atomic E-state index is -4.46. The predicted octanol–water partition coefficient (Wildman–Crippen LogP) is 6.29. The van der Waals surface area contributed by atoms with Crippen LogP contribution in [0.15, 0.2) is 23.4 Å². The molecule has 3 rings (SSSR count). The van der Waals surface area contributed by atoms with Gasteiger partial charge < -0.3 is 0 Å². The van der Waals surface area contributed by atoms with Gasteiger partial charge in [0.15, 0.2) is 5.16 Å². The third kappa shape index (κ3) is 2.64. The molecule has 0 fully saturated rings. The molecule has 1 heterocycles. The zero-order valence-electron chi connectivity index (χ0n) is 13.6. The molecule has 2 aromatic rings. The number of nitrogens with zero attached hydrogens (tertiary/aromatic N) is 2. The highest BCUT2D eigenvalue weighted by Gasteiger charge is 2.39. The highest BCUT2D eigenvalue weighted by Crippen LogP contribution is 2.49. The number of fused-ring (bicyclic) bond motifs is 1. The zero-order chi connectivity index (χ0) is 17.9. The second-order valence-corrected chi connectivity index (χ2v) is 7.53. The lowest BCUT2D eigenvalue weighted by molar-refractivity contribution is -0.137. The number of alkyl halides is 3. The van der Waals surface area contributed by atoms with Crippen molar-refractivity contribution in [1.29, 1.82) is 0 Å². The van der Waals surface area contributed by atoms with Crippen LogP contribution in [0.5, 0.6) is 0 Å². The monoisotopic (exact) mass is 374 g/mol. The van der Waals surface area contributed by atoms with Crippen molar-refractivity contribution in [2.45, 2.75) is 44.9 Å².